The Morgan fingerprint density at radius 2 is 1.29 bits per heavy atom. The van der Waals surface area contributed by atoms with E-state index in [1.165, 1.54) is 0 Å². The van der Waals surface area contributed by atoms with Crippen LogP contribution in [0.2, 0.25) is 0 Å². The quantitative estimate of drug-likeness (QED) is 0.675. The minimum Gasteiger partial charge on any atom is -0.493 e. The van der Waals surface area contributed by atoms with Gasteiger partial charge in [0.25, 0.3) is 0 Å². The molecule has 0 radical (unpaired) electrons. The fourth-order valence-electron chi connectivity index (χ4n) is 2.00. The average molecular weight is 285 g/mol. The van der Waals surface area contributed by atoms with Crippen LogP contribution in [0, 0.1) is 0 Å². The van der Waals surface area contributed by atoms with Crippen molar-refractivity contribution in [3.63, 3.8) is 0 Å². The lowest BCUT2D eigenvalue weighted by Crippen LogP contribution is -1.95. The molecule has 0 spiro atoms. The number of hydrogen-bond acceptors (Lipinski definition) is 4. The molecule has 0 amide bonds. The van der Waals surface area contributed by atoms with Gasteiger partial charge in [0.1, 0.15) is 0 Å². The molecule has 0 atom stereocenters. The highest BCUT2D eigenvalue weighted by molar-refractivity contribution is 5.73. The van der Waals surface area contributed by atoms with Gasteiger partial charge in [-0.2, -0.15) is 0 Å². The SMILES string of the molecule is COc1cc(/C=C/c2ccc(N)cc2)cc(OC)c1OC. The number of nitrogen functional groups attached to an aromatic ring is 1. The first kappa shape index (κ1) is 14.8. The van der Waals surface area contributed by atoms with Crippen LogP contribution in [0.25, 0.3) is 12.2 Å². The maximum Gasteiger partial charge on any atom is 0.203 e. The Morgan fingerprint density at radius 3 is 1.76 bits per heavy atom. The second-order valence-electron chi connectivity index (χ2n) is 4.46. The Morgan fingerprint density at radius 1 is 0.762 bits per heavy atom. The van der Waals surface area contributed by atoms with E-state index in [1.54, 1.807) is 21.3 Å². The zero-order valence-corrected chi connectivity index (χ0v) is 12.4. The molecule has 4 heteroatoms. The summed E-state index contributed by atoms with van der Waals surface area (Å²) in [6.45, 7) is 0. The molecule has 2 aromatic carbocycles. The second kappa shape index (κ2) is 6.70. The van der Waals surface area contributed by atoms with Crippen LogP contribution in [-0.4, -0.2) is 21.3 Å². The van der Waals surface area contributed by atoms with Crippen molar-refractivity contribution >= 4 is 17.8 Å². The summed E-state index contributed by atoms with van der Waals surface area (Å²) >= 11 is 0. The molecule has 0 heterocycles. The molecule has 2 rings (SSSR count). The number of ether oxygens (including phenoxy) is 3. The van der Waals surface area contributed by atoms with E-state index in [1.807, 2.05) is 48.6 Å². The molecule has 110 valence electrons. The first-order valence-corrected chi connectivity index (χ1v) is 6.51. The summed E-state index contributed by atoms with van der Waals surface area (Å²) < 4.78 is 16.0. The van der Waals surface area contributed by atoms with Crippen molar-refractivity contribution < 1.29 is 14.2 Å². The molecule has 0 aliphatic heterocycles. The predicted octanol–water partition coefficient (Wildman–Crippen LogP) is 3.47. The largest absolute Gasteiger partial charge is 0.493 e. The van der Waals surface area contributed by atoms with Gasteiger partial charge in [-0.25, -0.2) is 0 Å². The van der Waals surface area contributed by atoms with E-state index in [4.69, 9.17) is 19.9 Å². The monoisotopic (exact) mass is 285 g/mol. The lowest BCUT2D eigenvalue weighted by atomic mass is 10.1. The van der Waals surface area contributed by atoms with Gasteiger partial charge < -0.3 is 19.9 Å². The van der Waals surface area contributed by atoms with Gasteiger partial charge in [0, 0.05) is 5.69 Å². The third-order valence-corrected chi connectivity index (χ3v) is 3.09. The van der Waals surface area contributed by atoms with Crippen molar-refractivity contribution in [2.45, 2.75) is 0 Å². The van der Waals surface area contributed by atoms with Crippen LogP contribution in [0.15, 0.2) is 36.4 Å². The van der Waals surface area contributed by atoms with Crippen molar-refractivity contribution in [1.29, 1.82) is 0 Å². The van der Waals surface area contributed by atoms with Gasteiger partial charge in [-0.15, -0.1) is 0 Å². The zero-order chi connectivity index (χ0) is 15.2. The topological polar surface area (TPSA) is 53.7 Å². The summed E-state index contributed by atoms with van der Waals surface area (Å²) in [5.41, 5.74) is 8.45. The second-order valence-corrected chi connectivity index (χ2v) is 4.46. The lowest BCUT2D eigenvalue weighted by molar-refractivity contribution is 0.324. The maximum absolute atomic E-state index is 5.67. The van der Waals surface area contributed by atoms with Crippen LogP contribution in [0.3, 0.4) is 0 Å². The van der Waals surface area contributed by atoms with Gasteiger partial charge in [0.05, 0.1) is 21.3 Å². The molecular formula is C17H19NO3. The fraction of sp³-hybridized carbons (Fsp3) is 0.176. The van der Waals surface area contributed by atoms with Gasteiger partial charge in [-0.05, 0) is 35.4 Å². The number of anilines is 1. The van der Waals surface area contributed by atoms with Crippen molar-refractivity contribution in [1.82, 2.24) is 0 Å². The summed E-state index contributed by atoms with van der Waals surface area (Å²) in [4.78, 5) is 0. The summed E-state index contributed by atoms with van der Waals surface area (Å²) in [6.07, 6.45) is 3.98. The molecule has 0 aliphatic carbocycles. The van der Waals surface area contributed by atoms with Crippen molar-refractivity contribution in [3.05, 3.63) is 47.5 Å². The average Bonchev–Trinajstić information content (AvgIpc) is 2.53. The lowest BCUT2D eigenvalue weighted by Gasteiger charge is -2.12. The molecule has 0 saturated carbocycles. The van der Waals surface area contributed by atoms with E-state index < -0.39 is 0 Å². The normalized spacial score (nSPS) is 10.6. The van der Waals surface area contributed by atoms with Gasteiger partial charge in [0.2, 0.25) is 5.75 Å². The van der Waals surface area contributed by atoms with Crippen LogP contribution < -0.4 is 19.9 Å². The van der Waals surface area contributed by atoms with E-state index >= 15 is 0 Å². The summed E-state index contributed by atoms with van der Waals surface area (Å²) in [5, 5.41) is 0. The van der Waals surface area contributed by atoms with E-state index in [-0.39, 0.29) is 0 Å². The first-order chi connectivity index (χ1) is 10.2. The van der Waals surface area contributed by atoms with Crippen LogP contribution in [0.1, 0.15) is 11.1 Å². The van der Waals surface area contributed by atoms with E-state index in [2.05, 4.69) is 0 Å². The Hall–Kier alpha value is -2.62. The minimum atomic E-state index is 0.588. The molecule has 4 nitrogen and oxygen atoms in total. The van der Waals surface area contributed by atoms with Crippen LogP contribution in [0.4, 0.5) is 5.69 Å². The number of methoxy groups -OCH3 is 3. The first-order valence-electron chi connectivity index (χ1n) is 6.51. The third-order valence-electron chi connectivity index (χ3n) is 3.09. The number of benzene rings is 2. The standard InChI is InChI=1S/C17H19NO3/c1-19-15-10-13(11-16(20-2)17(15)21-3)5-4-12-6-8-14(18)9-7-12/h4-11H,18H2,1-3H3/b5-4+. The van der Waals surface area contributed by atoms with E-state index in [0.717, 1.165) is 16.8 Å². The molecule has 2 N–H and O–H groups in total. The minimum absolute atomic E-state index is 0.588. The van der Waals surface area contributed by atoms with Crippen LogP contribution in [0.5, 0.6) is 17.2 Å². The third kappa shape index (κ3) is 3.48. The summed E-state index contributed by atoms with van der Waals surface area (Å²) in [5.74, 6) is 1.85. The summed E-state index contributed by atoms with van der Waals surface area (Å²) in [7, 11) is 4.79. The highest BCUT2D eigenvalue weighted by atomic mass is 16.5. The van der Waals surface area contributed by atoms with Gasteiger partial charge in [-0.1, -0.05) is 24.3 Å². The Kier molecular flexibility index (Phi) is 4.72. The molecule has 0 unspecified atom stereocenters. The molecule has 0 fully saturated rings. The van der Waals surface area contributed by atoms with Crippen molar-refractivity contribution in [3.8, 4) is 17.2 Å². The molecular weight excluding hydrogens is 266 g/mol. The Balaban J connectivity index is 2.33. The fourth-order valence-corrected chi connectivity index (χ4v) is 2.00. The Bertz CT molecular complexity index is 608. The maximum atomic E-state index is 5.67. The molecule has 0 saturated heterocycles. The molecule has 2 aromatic rings. The molecule has 0 aromatic heterocycles. The molecule has 0 bridgehead atoms. The number of nitrogens with two attached hydrogens (primary N) is 1. The van der Waals surface area contributed by atoms with Gasteiger partial charge in [0.15, 0.2) is 11.5 Å². The zero-order valence-electron chi connectivity index (χ0n) is 12.4. The number of hydrogen-bond donors (Lipinski definition) is 1. The summed E-state index contributed by atoms with van der Waals surface area (Å²) in [6, 6.07) is 11.5. The van der Waals surface area contributed by atoms with Crippen molar-refractivity contribution in [2.75, 3.05) is 27.1 Å². The molecule has 0 aliphatic rings. The van der Waals surface area contributed by atoms with Crippen molar-refractivity contribution in [2.24, 2.45) is 0 Å². The van der Waals surface area contributed by atoms with Gasteiger partial charge in [-0.3, -0.25) is 0 Å². The smallest absolute Gasteiger partial charge is 0.203 e. The van der Waals surface area contributed by atoms with Crippen LogP contribution >= 0.6 is 0 Å². The molecule has 21 heavy (non-hydrogen) atoms. The van der Waals surface area contributed by atoms with E-state index in [0.29, 0.717) is 17.2 Å². The predicted molar refractivity (Wildman–Crippen MR) is 85.9 cm³/mol. The van der Waals surface area contributed by atoms with Crippen LogP contribution in [-0.2, 0) is 0 Å². The highest BCUT2D eigenvalue weighted by Crippen LogP contribution is 2.38. The Labute approximate surface area is 124 Å². The van der Waals surface area contributed by atoms with Gasteiger partial charge >= 0.3 is 0 Å². The highest BCUT2D eigenvalue weighted by Gasteiger charge is 2.11. The van der Waals surface area contributed by atoms with E-state index in [9.17, 15) is 0 Å². The number of rotatable bonds is 5.